The molecule has 9 nitrogen and oxygen atoms in total. The minimum atomic E-state index is -0.254. The highest BCUT2D eigenvalue weighted by atomic mass is 16.2. The van der Waals surface area contributed by atoms with Crippen LogP contribution in [0.5, 0.6) is 0 Å². The Hall–Kier alpha value is -3.10. The van der Waals surface area contributed by atoms with E-state index in [1.54, 1.807) is 24.9 Å². The van der Waals surface area contributed by atoms with E-state index in [9.17, 15) is 4.79 Å². The molecule has 0 saturated carbocycles. The predicted molar refractivity (Wildman–Crippen MR) is 85.6 cm³/mol. The fourth-order valence-corrected chi connectivity index (χ4v) is 2.80. The molecule has 1 aliphatic heterocycles. The van der Waals surface area contributed by atoms with Crippen molar-refractivity contribution in [3.8, 4) is 0 Å². The minimum absolute atomic E-state index is 0.0207. The number of hydrogen-bond donors (Lipinski definition) is 1. The van der Waals surface area contributed by atoms with E-state index in [1.165, 1.54) is 0 Å². The molecular weight excluding hydrogens is 308 g/mol. The number of nitrogens with zero attached hydrogens (tertiary/aromatic N) is 7. The maximum Gasteiger partial charge on any atom is 0.289 e. The second-order valence-corrected chi connectivity index (χ2v) is 5.80. The van der Waals surface area contributed by atoms with Gasteiger partial charge in [-0.3, -0.25) is 9.20 Å². The molecule has 122 valence electrons. The number of fused-ring (bicyclic) bond motifs is 1. The first kappa shape index (κ1) is 14.5. The van der Waals surface area contributed by atoms with Crippen LogP contribution in [-0.4, -0.2) is 54.6 Å². The molecule has 0 spiro atoms. The van der Waals surface area contributed by atoms with Crippen LogP contribution in [0.1, 0.15) is 22.6 Å². The van der Waals surface area contributed by atoms with Crippen molar-refractivity contribution in [1.29, 1.82) is 0 Å². The number of carbonyl (C=O) groups is 1. The summed E-state index contributed by atoms with van der Waals surface area (Å²) in [5.74, 6) is 0.713. The zero-order valence-corrected chi connectivity index (χ0v) is 13.1. The summed E-state index contributed by atoms with van der Waals surface area (Å²) >= 11 is 0. The van der Waals surface area contributed by atoms with Gasteiger partial charge in [-0.25, -0.2) is 15.0 Å². The van der Waals surface area contributed by atoms with Crippen molar-refractivity contribution in [3.05, 3.63) is 42.5 Å². The summed E-state index contributed by atoms with van der Waals surface area (Å²) in [6.07, 6.45) is 9.28. The van der Waals surface area contributed by atoms with Gasteiger partial charge in [0.05, 0.1) is 0 Å². The molecule has 4 heterocycles. The molecule has 1 atom stereocenters. The van der Waals surface area contributed by atoms with Gasteiger partial charge < -0.3 is 10.2 Å². The Morgan fingerprint density at radius 3 is 2.96 bits per heavy atom. The van der Waals surface area contributed by atoms with Crippen LogP contribution in [0.3, 0.4) is 0 Å². The standard InChI is InChI=1S/C15H16N8O/c1-10-6-17-12(18-7-10)15(24)20-11-2-4-22(8-11)13-14-21-19-9-23(14)5-3-16-13/h3,5-7,9,11H,2,4,8H2,1H3,(H,20,24). The molecule has 1 amide bonds. The number of aromatic nitrogens is 6. The van der Waals surface area contributed by atoms with Gasteiger partial charge in [0.25, 0.3) is 5.91 Å². The summed E-state index contributed by atoms with van der Waals surface area (Å²) in [4.78, 5) is 26.9. The SMILES string of the molecule is Cc1cnc(C(=O)NC2CCN(c3nccn4cnnc34)C2)nc1. The third-order valence-corrected chi connectivity index (χ3v) is 4.00. The third-order valence-electron chi connectivity index (χ3n) is 4.00. The maximum atomic E-state index is 12.2. The molecule has 1 unspecified atom stereocenters. The Morgan fingerprint density at radius 2 is 2.12 bits per heavy atom. The van der Waals surface area contributed by atoms with E-state index in [0.717, 1.165) is 24.3 Å². The highest BCUT2D eigenvalue weighted by Gasteiger charge is 2.27. The lowest BCUT2D eigenvalue weighted by Gasteiger charge is -2.17. The number of carbonyl (C=O) groups excluding carboxylic acids is 1. The number of aryl methyl sites for hydroxylation is 1. The van der Waals surface area contributed by atoms with Crippen LogP contribution in [0, 0.1) is 6.92 Å². The van der Waals surface area contributed by atoms with E-state index < -0.39 is 0 Å². The van der Waals surface area contributed by atoms with Crippen molar-refractivity contribution in [2.75, 3.05) is 18.0 Å². The van der Waals surface area contributed by atoms with Crippen LogP contribution in [0.25, 0.3) is 5.65 Å². The molecule has 1 N–H and O–H groups in total. The molecule has 0 bridgehead atoms. The van der Waals surface area contributed by atoms with Crippen molar-refractivity contribution in [2.24, 2.45) is 0 Å². The fraction of sp³-hybridized carbons (Fsp3) is 0.333. The van der Waals surface area contributed by atoms with Gasteiger partial charge in [-0.1, -0.05) is 0 Å². The first-order valence-corrected chi connectivity index (χ1v) is 7.69. The normalized spacial score (nSPS) is 17.4. The highest BCUT2D eigenvalue weighted by molar-refractivity contribution is 5.90. The predicted octanol–water partition coefficient (Wildman–Crippen LogP) is 0.231. The topological polar surface area (TPSA) is 101 Å². The average molecular weight is 324 g/mol. The Labute approximate surface area is 137 Å². The molecule has 1 saturated heterocycles. The lowest BCUT2D eigenvalue weighted by atomic mass is 10.2. The lowest BCUT2D eigenvalue weighted by Crippen LogP contribution is -2.38. The lowest BCUT2D eigenvalue weighted by molar-refractivity contribution is 0.0930. The number of amides is 1. The third kappa shape index (κ3) is 2.64. The van der Waals surface area contributed by atoms with E-state index in [1.807, 2.05) is 17.5 Å². The Bertz CT molecular complexity index is 875. The van der Waals surface area contributed by atoms with Gasteiger partial charge >= 0.3 is 0 Å². The van der Waals surface area contributed by atoms with Crippen molar-refractivity contribution in [2.45, 2.75) is 19.4 Å². The average Bonchev–Trinajstić information content (AvgIpc) is 3.24. The van der Waals surface area contributed by atoms with Gasteiger partial charge in [0, 0.05) is 43.9 Å². The molecular formula is C15H16N8O. The fourth-order valence-electron chi connectivity index (χ4n) is 2.80. The first-order valence-electron chi connectivity index (χ1n) is 7.69. The molecule has 1 aliphatic rings. The molecule has 3 aromatic heterocycles. The molecule has 9 heteroatoms. The van der Waals surface area contributed by atoms with E-state index >= 15 is 0 Å². The van der Waals surface area contributed by atoms with Gasteiger partial charge in [-0.05, 0) is 18.9 Å². The van der Waals surface area contributed by atoms with Crippen LogP contribution in [-0.2, 0) is 0 Å². The Kier molecular flexibility index (Phi) is 3.52. The molecule has 24 heavy (non-hydrogen) atoms. The number of nitrogens with one attached hydrogen (secondary N) is 1. The number of anilines is 1. The highest BCUT2D eigenvalue weighted by Crippen LogP contribution is 2.21. The molecule has 0 aliphatic carbocycles. The molecule has 4 rings (SSSR count). The quantitative estimate of drug-likeness (QED) is 0.736. The van der Waals surface area contributed by atoms with E-state index in [2.05, 4.69) is 35.4 Å². The van der Waals surface area contributed by atoms with Crippen molar-refractivity contribution in [1.82, 2.24) is 34.9 Å². The van der Waals surface area contributed by atoms with Gasteiger partial charge in [-0.2, -0.15) is 0 Å². The van der Waals surface area contributed by atoms with Crippen molar-refractivity contribution < 1.29 is 4.79 Å². The molecule has 0 aromatic carbocycles. The first-order chi connectivity index (χ1) is 11.7. The van der Waals surface area contributed by atoms with Crippen LogP contribution < -0.4 is 10.2 Å². The van der Waals surface area contributed by atoms with Crippen molar-refractivity contribution in [3.63, 3.8) is 0 Å². The Balaban J connectivity index is 1.46. The van der Waals surface area contributed by atoms with E-state index in [0.29, 0.717) is 12.2 Å². The number of hydrogen-bond acceptors (Lipinski definition) is 7. The van der Waals surface area contributed by atoms with Gasteiger partial charge in [0.2, 0.25) is 11.5 Å². The van der Waals surface area contributed by atoms with Gasteiger partial charge in [-0.15, -0.1) is 10.2 Å². The van der Waals surface area contributed by atoms with Crippen LogP contribution in [0.15, 0.2) is 31.1 Å². The largest absolute Gasteiger partial charge is 0.351 e. The molecule has 3 aromatic rings. The monoisotopic (exact) mass is 324 g/mol. The zero-order valence-electron chi connectivity index (χ0n) is 13.1. The summed E-state index contributed by atoms with van der Waals surface area (Å²) in [7, 11) is 0. The van der Waals surface area contributed by atoms with Crippen molar-refractivity contribution >= 4 is 17.4 Å². The summed E-state index contributed by atoms with van der Waals surface area (Å²) in [5.41, 5.74) is 1.64. The summed E-state index contributed by atoms with van der Waals surface area (Å²) in [5, 5.41) is 11.0. The van der Waals surface area contributed by atoms with Gasteiger partial charge in [0.15, 0.2) is 5.82 Å². The summed E-state index contributed by atoms with van der Waals surface area (Å²) < 4.78 is 1.83. The molecule has 1 fully saturated rings. The van der Waals surface area contributed by atoms with E-state index in [4.69, 9.17) is 0 Å². The number of rotatable bonds is 3. The van der Waals surface area contributed by atoms with E-state index in [-0.39, 0.29) is 17.8 Å². The second-order valence-electron chi connectivity index (χ2n) is 5.80. The second kappa shape index (κ2) is 5.84. The smallest absolute Gasteiger partial charge is 0.289 e. The summed E-state index contributed by atoms with van der Waals surface area (Å²) in [6, 6.07) is 0.0207. The zero-order chi connectivity index (χ0) is 16.5. The minimum Gasteiger partial charge on any atom is -0.351 e. The maximum absolute atomic E-state index is 12.2. The van der Waals surface area contributed by atoms with Crippen LogP contribution in [0.2, 0.25) is 0 Å². The van der Waals surface area contributed by atoms with Crippen LogP contribution in [0.4, 0.5) is 5.82 Å². The summed E-state index contributed by atoms with van der Waals surface area (Å²) in [6.45, 7) is 3.34. The Morgan fingerprint density at radius 1 is 1.29 bits per heavy atom. The van der Waals surface area contributed by atoms with Gasteiger partial charge in [0.1, 0.15) is 6.33 Å². The van der Waals surface area contributed by atoms with Crippen LogP contribution >= 0.6 is 0 Å². The molecule has 0 radical (unpaired) electrons.